The van der Waals surface area contributed by atoms with Crippen LogP contribution in [0.4, 0.5) is 5.69 Å². The molecule has 2 aromatic carbocycles. The fourth-order valence-corrected chi connectivity index (χ4v) is 2.39. The van der Waals surface area contributed by atoms with Gasteiger partial charge in [-0.1, -0.05) is 28.1 Å². The summed E-state index contributed by atoms with van der Waals surface area (Å²) in [4.78, 5) is 0. The lowest BCUT2D eigenvalue weighted by molar-refractivity contribution is 0.340. The minimum Gasteiger partial charge on any atom is -0.494 e. The third-order valence-electron chi connectivity index (χ3n) is 3.25. The van der Waals surface area contributed by atoms with Crippen molar-refractivity contribution in [1.29, 1.82) is 0 Å². The van der Waals surface area contributed by atoms with Crippen LogP contribution in [0, 0.1) is 6.92 Å². The Bertz CT molecular complexity index is 566. The predicted molar refractivity (Wildman–Crippen MR) is 88.5 cm³/mol. The van der Waals surface area contributed by atoms with Crippen molar-refractivity contribution in [3.8, 4) is 5.75 Å². The van der Waals surface area contributed by atoms with Crippen molar-refractivity contribution < 1.29 is 4.74 Å². The van der Waals surface area contributed by atoms with E-state index >= 15 is 0 Å². The molecule has 0 aliphatic carbocycles. The van der Waals surface area contributed by atoms with Gasteiger partial charge in [0.2, 0.25) is 0 Å². The number of hydrogen-bond acceptors (Lipinski definition) is 2. The Hall–Kier alpha value is -1.48. The second-order valence-electron chi connectivity index (χ2n) is 4.83. The van der Waals surface area contributed by atoms with Crippen molar-refractivity contribution in [2.24, 2.45) is 0 Å². The average molecular weight is 334 g/mol. The van der Waals surface area contributed by atoms with Gasteiger partial charge >= 0.3 is 0 Å². The summed E-state index contributed by atoms with van der Waals surface area (Å²) in [7, 11) is 0. The Morgan fingerprint density at radius 2 is 1.85 bits per heavy atom. The summed E-state index contributed by atoms with van der Waals surface area (Å²) in [6.07, 6.45) is 0. The monoisotopic (exact) mass is 333 g/mol. The Labute approximate surface area is 129 Å². The van der Waals surface area contributed by atoms with Crippen LogP contribution in [0.15, 0.2) is 46.9 Å². The molecule has 106 valence electrons. The molecule has 20 heavy (non-hydrogen) atoms. The summed E-state index contributed by atoms with van der Waals surface area (Å²) in [6.45, 7) is 6.96. The first-order valence-corrected chi connectivity index (χ1v) is 7.65. The van der Waals surface area contributed by atoms with E-state index in [0.29, 0.717) is 6.61 Å². The first kappa shape index (κ1) is 14.9. The van der Waals surface area contributed by atoms with Crippen LogP contribution >= 0.6 is 15.9 Å². The average Bonchev–Trinajstić information content (AvgIpc) is 2.43. The molecular formula is C17H20BrNO. The van der Waals surface area contributed by atoms with Gasteiger partial charge in [0, 0.05) is 16.2 Å². The topological polar surface area (TPSA) is 21.3 Å². The smallest absolute Gasteiger partial charge is 0.119 e. The second kappa shape index (κ2) is 6.80. The van der Waals surface area contributed by atoms with Crippen molar-refractivity contribution in [3.05, 3.63) is 58.1 Å². The zero-order valence-electron chi connectivity index (χ0n) is 12.1. The molecule has 0 fully saturated rings. The van der Waals surface area contributed by atoms with E-state index in [9.17, 15) is 0 Å². The number of hydrogen-bond donors (Lipinski definition) is 1. The van der Waals surface area contributed by atoms with Gasteiger partial charge < -0.3 is 10.1 Å². The van der Waals surface area contributed by atoms with Gasteiger partial charge in [-0.2, -0.15) is 0 Å². The van der Waals surface area contributed by atoms with Gasteiger partial charge in [-0.05, 0) is 62.2 Å². The van der Waals surface area contributed by atoms with Gasteiger partial charge in [-0.25, -0.2) is 0 Å². The third kappa shape index (κ3) is 3.76. The minimum atomic E-state index is 0.264. The van der Waals surface area contributed by atoms with Crippen molar-refractivity contribution in [3.63, 3.8) is 0 Å². The van der Waals surface area contributed by atoms with Crippen LogP contribution in [0.5, 0.6) is 5.75 Å². The molecule has 1 atom stereocenters. The maximum atomic E-state index is 5.51. The molecule has 0 aliphatic rings. The minimum absolute atomic E-state index is 0.264. The van der Waals surface area contributed by atoms with Gasteiger partial charge in [0.15, 0.2) is 0 Å². The lowest BCUT2D eigenvalue weighted by Crippen LogP contribution is -2.07. The van der Waals surface area contributed by atoms with Crippen molar-refractivity contribution in [1.82, 2.24) is 0 Å². The highest BCUT2D eigenvalue weighted by Crippen LogP contribution is 2.26. The molecular weight excluding hydrogens is 314 g/mol. The number of anilines is 1. The lowest BCUT2D eigenvalue weighted by Gasteiger charge is -2.18. The Morgan fingerprint density at radius 3 is 2.45 bits per heavy atom. The molecule has 0 bridgehead atoms. The highest BCUT2D eigenvalue weighted by molar-refractivity contribution is 9.10. The van der Waals surface area contributed by atoms with E-state index in [4.69, 9.17) is 4.74 Å². The van der Waals surface area contributed by atoms with Crippen LogP contribution < -0.4 is 10.1 Å². The van der Waals surface area contributed by atoms with Crippen molar-refractivity contribution >= 4 is 21.6 Å². The lowest BCUT2D eigenvalue weighted by atomic mass is 10.1. The predicted octanol–water partition coefficient (Wildman–Crippen LogP) is 5.33. The van der Waals surface area contributed by atoms with Gasteiger partial charge in [0.05, 0.1) is 6.61 Å². The van der Waals surface area contributed by atoms with Crippen LogP contribution in [-0.4, -0.2) is 6.61 Å². The number of ether oxygens (including phenoxy) is 1. The number of aryl methyl sites for hydroxylation is 1. The largest absolute Gasteiger partial charge is 0.494 e. The quantitative estimate of drug-likeness (QED) is 0.798. The third-order valence-corrected chi connectivity index (χ3v) is 3.78. The number of nitrogens with one attached hydrogen (secondary N) is 1. The molecule has 1 unspecified atom stereocenters. The fourth-order valence-electron chi connectivity index (χ4n) is 2.12. The fraction of sp³-hybridized carbons (Fsp3) is 0.294. The van der Waals surface area contributed by atoms with E-state index in [1.165, 1.54) is 11.1 Å². The molecule has 0 saturated carbocycles. The van der Waals surface area contributed by atoms with Gasteiger partial charge in [0.25, 0.3) is 0 Å². The van der Waals surface area contributed by atoms with Crippen LogP contribution in [0.25, 0.3) is 0 Å². The zero-order valence-corrected chi connectivity index (χ0v) is 13.7. The summed E-state index contributed by atoms with van der Waals surface area (Å²) in [5.41, 5.74) is 3.60. The number of benzene rings is 2. The van der Waals surface area contributed by atoms with E-state index in [2.05, 4.69) is 71.5 Å². The SMILES string of the molecule is CCOc1ccc(NC(C)c2ccc(Br)cc2)c(C)c1. The van der Waals surface area contributed by atoms with Crippen molar-refractivity contribution in [2.45, 2.75) is 26.8 Å². The molecule has 0 amide bonds. The summed E-state index contributed by atoms with van der Waals surface area (Å²) < 4.78 is 6.61. The molecule has 0 radical (unpaired) electrons. The van der Waals surface area contributed by atoms with E-state index in [1.54, 1.807) is 0 Å². The van der Waals surface area contributed by atoms with Gasteiger partial charge in [-0.15, -0.1) is 0 Å². The van der Waals surface area contributed by atoms with Crippen LogP contribution in [0.3, 0.4) is 0 Å². The molecule has 0 aromatic heterocycles. The normalized spacial score (nSPS) is 12.0. The van der Waals surface area contributed by atoms with E-state index < -0.39 is 0 Å². The van der Waals surface area contributed by atoms with E-state index in [0.717, 1.165) is 15.9 Å². The van der Waals surface area contributed by atoms with Crippen LogP contribution in [0.2, 0.25) is 0 Å². The first-order valence-electron chi connectivity index (χ1n) is 6.85. The molecule has 2 nitrogen and oxygen atoms in total. The Morgan fingerprint density at radius 1 is 1.15 bits per heavy atom. The molecule has 2 aromatic rings. The second-order valence-corrected chi connectivity index (χ2v) is 5.74. The number of rotatable bonds is 5. The van der Waals surface area contributed by atoms with E-state index in [-0.39, 0.29) is 6.04 Å². The maximum Gasteiger partial charge on any atom is 0.119 e. The summed E-state index contributed by atoms with van der Waals surface area (Å²) in [6, 6.07) is 14.8. The molecule has 1 N–H and O–H groups in total. The van der Waals surface area contributed by atoms with Gasteiger partial charge in [-0.3, -0.25) is 0 Å². The molecule has 0 saturated heterocycles. The van der Waals surface area contributed by atoms with Gasteiger partial charge in [0.1, 0.15) is 5.75 Å². The maximum absolute atomic E-state index is 5.51. The summed E-state index contributed by atoms with van der Waals surface area (Å²) >= 11 is 3.46. The summed E-state index contributed by atoms with van der Waals surface area (Å²) in [5.74, 6) is 0.923. The highest BCUT2D eigenvalue weighted by atomic mass is 79.9. The van der Waals surface area contributed by atoms with Crippen LogP contribution in [-0.2, 0) is 0 Å². The zero-order chi connectivity index (χ0) is 14.5. The van der Waals surface area contributed by atoms with Crippen LogP contribution in [0.1, 0.15) is 31.0 Å². The summed E-state index contributed by atoms with van der Waals surface area (Å²) in [5, 5.41) is 3.54. The number of halogens is 1. The molecule has 0 heterocycles. The molecule has 3 heteroatoms. The molecule has 2 rings (SSSR count). The Balaban J connectivity index is 2.11. The van der Waals surface area contributed by atoms with Crippen molar-refractivity contribution in [2.75, 3.05) is 11.9 Å². The highest BCUT2D eigenvalue weighted by Gasteiger charge is 2.07. The molecule has 0 spiro atoms. The Kier molecular flexibility index (Phi) is 5.07. The standard InChI is InChI=1S/C17H20BrNO/c1-4-20-16-9-10-17(12(2)11-16)19-13(3)14-5-7-15(18)8-6-14/h5-11,13,19H,4H2,1-3H3. The van der Waals surface area contributed by atoms with E-state index in [1.807, 2.05) is 13.0 Å². The molecule has 0 aliphatic heterocycles. The first-order chi connectivity index (χ1) is 9.60.